The molecule has 2 aliphatic heterocycles. The number of benzene rings is 2. The van der Waals surface area contributed by atoms with Gasteiger partial charge >= 0.3 is 18.1 Å². The Bertz CT molecular complexity index is 1200. The number of ether oxygens (including phenoxy) is 3. The lowest BCUT2D eigenvalue weighted by molar-refractivity contribution is 0.0128. The van der Waals surface area contributed by atoms with Crippen LogP contribution in [-0.2, 0) is 9.47 Å². The number of carbonyl (C=O) groups excluding carboxylic acids is 3. The monoisotopic (exact) mass is 503 g/mol. The van der Waals surface area contributed by atoms with E-state index in [1.165, 1.54) is 36.3 Å². The molecule has 2 heterocycles. The largest absolute Gasteiger partial charge is 0.465 e. The Morgan fingerprint density at radius 1 is 1.00 bits per heavy atom. The number of carbonyl (C=O) groups is 3. The minimum atomic E-state index is -0.816. The van der Waals surface area contributed by atoms with Crippen molar-refractivity contribution in [3.05, 3.63) is 53.6 Å². The SMILES string of the molecule is COC(=O)c1ccc(Oc2ccc(N3CC4CN(C(=O)OC(C)(C)C)CCN4C3=O)c(F)c2)c(F)c1. The van der Waals surface area contributed by atoms with E-state index < -0.39 is 29.3 Å². The van der Waals surface area contributed by atoms with E-state index >= 15 is 4.39 Å². The van der Waals surface area contributed by atoms with Gasteiger partial charge in [0.05, 0.1) is 30.9 Å². The van der Waals surface area contributed by atoms with Crippen LogP contribution in [0.3, 0.4) is 0 Å². The van der Waals surface area contributed by atoms with Gasteiger partial charge in [-0.15, -0.1) is 0 Å². The van der Waals surface area contributed by atoms with Crippen molar-refractivity contribution in [2.75, 3.05) is 38.2 Å². The molecule has 36 heavy (non-hydrogen) atoms. The van der Waals surface area contributed by atoms with Gasteiger partial charge in [-0.1, -0.05) is 0 Å². The standard InChI is InChI=1S/C25H27F2N3O6/c1-25(2,3)36-24(33)28-9-10-29-16(13-28)14-30(23(29)32)20-7-6-17(12-18(20)26)35-21-8-5-15(11-19(21)27)22(31)34-4/h5-8,11-12,16H,9-10,13-14H2,1-4H3. The molecular weight excluding hydrogens is 476 g/mol. The lowest BCUT2D eigenvalue weighted by atomic mass is 10.2. The van der Waals surface area contributed by atoms with Crippen molar-refractivity contribution in [2.45, 2.75) is 32.4 Å². The minimum absolute atomic E-state index is 0.0122. The van der Waals surface area contributed by atoms with Gasteiger partial charge in [-0.25, -0.2) is 23.2 Å². The average molecular weight is 504 g/mol. The van der Waals surface area contributed by atoms with Gasteiger partial charge in [0.2, 0.25) is 0 Å². The molecular formula is C25H27F2N3O6. The summed E-state index contributed by atoms with van der Waals surface area (Å²) in [6.07, 6.45) is -0.451. The van der Waals surface area contributed by atoms with Crippen molar-refractivity contribution in [1.29, 1.82) is 0 Å². The first-order valence-corrected chi connectivity index (χ1v) is 11.4. The highest BCUT2D eigenvalue weighted by molar-refractivity contribution is 5.95. The number of nitrogens with zero attached hydrogens (tertiary/aromatic N) is 3. The van der Waals surface area contributed by atoms with Gasteiger partial charge in [-0.3, -0.25) is 4.90 Å². The first kappa shape index (κ1) is 25.2. The van der Waals surface area contributed by atoms with E-state index in [2.05, 4.69) is 4.74 Å². The number of hydrogen-bond donors (Lipinski definition) is 0. The molecule has 2 aliphatic rings. The summed E-state index contributed by atoms with van der Waals surface area (Å²) in [6.45, 7) is 6.45. The van der Waals surface area contributed by atoms with Crippen LogP contribution < -0.4 is 9.64 Å². The van der Waals surface area contributed by atoms with Crippen LogP contribution in [0.25, 0.3) is 0 Å². The molecule has 2 fully saturated rings. The molecule has 0 aromatic heterocycles. The lowest BCUT2D eigenvalue weighted by Gasteiger charge is -2.36. The van der Waals surface area contributed by atoms with Crippen LogP contribution >= 0.6 is 0 Å². The van der Waals surface area contributed by atoms with E-state index in [0.29, 0.717) is 13.1 Å². The summed E-state index contributed by atoms with van der Waals surface area (Å²) in [5.41, 5.74) is -0.574. The van der Waals surface area contributed by atoms with Crippen molar-refractivity contribution >= 4 is 23.8 Å². The van der Waals surface area contributed by atoms with Crippen molar-refractivity contribution < 1.29 is 37.4 Å². The van der Waals surface area contributed by atoms with Gasteiger partial charge in [0, 0.05) is 25.7 Å². The Labute approximate surface area is 207 Å². The number of piperazine rings is 1. The van der Waals surface area contributed by atoms with E-state index in [1.807, 2.05) is 0 Å². The van der Waals surface area contributed by atoms with Gasteiger partial charge in [-0.2, -0.15) is 0 Å². The van der Waals surface area contributed by atoms with Crippen LogP contribution in [0.2, 0.25) is 0 Å². The maximum atomic E-state index is 15.0. The number of rotatable bonds is 4. The first-order valence-electron chi connectivity index (χ1n) is 11.4. The molecule has 2 saturated heterocycles. The molecule has 9 nitrogen and oxygen atoms in total. The number of hydrogen-bond acceptors (Lipinski definition) is 6. The summed E-state index contributed by atoms with van der Waals surface area (Å²) in [5, 5.41) is 0. The second kappa shape index (κ2) is 9.63. The number of fused-ring (bicyclic) bond motifs is 1. The molecule has 0 spiro atoms. The fourth-order valence-corrected chi connectivity index (χ4v) is 4.13. The lowest BCUT2D eigenvalue weighted by Crippen LogP contribution is -2.54. The van der Waals surface area contributed by atoms with Crippen molar-refractivity contribution in [1.82, 2.24) is 9.80 Å². The maximum Gasteiger partial charge on any atom is 0.410 e. The van der Waals surface area contributed by atoms with E-state index in [9.17, 15) is 18.8 Å². The summed E-state index contributed by atoms with van der Waals surface area (Å²) in [7, 11) is 1.18. The van der Waals surface area contributed by atoms with Gasteiger partial charge in [0.15, 0.2) is 17.4 Å². The molecule has 0 N–H and O–H groups in total. The minimum Gasteiger partial charge on any atom is -0.465 e. The van der Waals surface area contributed by atoms with Crippen LogP contribution in [0, 0.1) is 11.6 Å². The Morgan fingerprint density at radius 3 is 2.39 bits per heavy atom. The normalized spacial score (nSPS) is 17.7. The second-order valence-corrected chi connectivity index (χ2v) is 9.52. The Kier molecular flexibility index (Phi) is 6.75. The number of esters is 1. The molecule has 0 aliphatic carbocycles. The molecule has 3 amide bonds. The third-order valence-corrected chi connectivity index (χ3v) is 5.80. The van der Waals surface area contributed by atoms with Crippen LogP contribution in [-0.4, -0.2) is 72.8 Å². The van der Waals surface area contributed by atoms with Crippen LogP contribution in [0.1, 0.15) is 31.1 Å². The van der Waals surface area contributed by atoms with Gasteiger partial charge < -0.3 is 24.0 Å². The fourth-order valence-electron chi connectivity index (χ4n) is 4.13. The van der Waals surface area contributed by atoms with E-state index in [4.69, 9.17) is 9.47 Å². The zero-order valence-corrected chi connectivity index (χ0v) is 20.4. The third-order valence-electron chi connectivity index (χ3n) is 5.80. The highest BCUT2D eigenvalue weighted by atomic mass is 19.1. The molecule has 2 aromatic rings. The van der Waals surface area contributed by atoms with Gasteiger partial charge in [0.25, 0.3) is 0 Å². The van der Waals surface area contributed by atoms with E-state index in [0.717, 1.165) is 12.1 Å². The topological polar surface area (TPSA) is 88.6 Å². The molecule has 0 radical (unpaired) electrons. The molecule has 1 atom stereocenters. The Balaban J connectivity index is 1.45. The summed E-state index contributed by atoms with van der Waals surface area (Å²) in [4.78, 5) is 41.4. The highest BCUT2D eigenvalue weighted by Crippen LogP contribution is 2.33. The number of amides is 3. The third kappa shape index (κ3) is 5.19. The van der Waals surface area contributed by atoms with E-state index in [1.54, 1.807) is 30.6 Å². The van der Waals surface area contributed by atoms with Crippen molar-refractivity contribution in [3.8, 4) is 11.5 Å². The van der Waals surface area contributed by atoms with Crippen LogP contribution in [0.5, 0.6) is 11.5 Å². The maximum absolute atomic E-state index is 15.0. The van der Waals surface area contributed by atoms with Crippen molar-refractivity contribution in [2.24, 2.45) is 0 Å². The predicted octanol–water partition coefficient (Wildman–Crippen LogP) is 4.41. The number of halogens is 2. The van der Waals surface area contributed by atoms with Crippen LogP contribution in [0.15, 0.2) is 36.4 Å². The molecule has 0 saturated carbocycles. The average Bonchev–Trinajstić information content (AvgIpc) is 3.14. The highest BCUT2D eigenvalue weighted by Gasteiger charge is 2.43. The molecule has 4 rings (SSSR count). The molecule has 11 heteroatoms. The molecule has 1 unspecified atom stereocenters. The molecule has 192 valence electrons. The number of methoxy groups -OCH3 is 1. The predicted molar refractivity (Wildman–Crippen MR) is 125 cm³/mol. The summed E-state index contributed by atoms with van der Waals surface area (Å²) in [6, 6.07) is 6.72. The summed E-state index contributed by atoms with van der Waals surface area (Å²) in [5.74, 6) is -2.43. The van der Waals surface area contributed by atoms with Gasteiger partial charge in [-0.05, 0) is 51.1 Å². The molecule has 2 aromatic carbocycles. The van der Waals surface area contributed by atoms with Crippen LogP contribution in [0.4, 0.5) is 24.1 Å². The summed E-state index contributed by atoms with van der Waals surface area (Å²) < 4.78 is 44.8. The fraction of sp³-hybridized carbons (Fsp3) is 0.400. The smallest absolute Gasteiger partial charge is 0.410 e. The van der Waals surface area contributed by atoms with Crippen molar-refractivity contribution in [3.63, 3.8) is 0 Å². The summed E-state index contributed by atoms with van der Waals surface area (Å²) >= 11 is 0. The zero-order valence-electron chi connectivity index (χ0n) is 20.4. The number of urea groups is 1. The quantitative estimate of drug-likeness (QED) is 0.575. The second-order valence-electron chi connectivity index (χ2n) is 9.52. The molecule has 0 bridgehead atoms. The van der Waals surface area contributed by atoms with E-state index in [-0.39, 0.29) is 47.9 Å². The Hall–Kier alpha value is -3.89. The number of anilines is 1. The zero-order chi connectivity index (χ0) is 26.2. The Morgan fingerprint density at radius 2 is 1.75 bits per heavy atom. The first-order chi connectivity index (χ1) is 17.0. The van der Waals surface area contributed by atoms with Gasteiger partial charge in [0.1, 0.15) is 11.4 Å².